The second-order valence-corrected chi connectivity index (χ2v) is 5.14. The van der Waals surface area contributed by atoms with Crippen molar-refractivity contribution in [2.75, 3.05) is 12.5 Å². The molecular weight excluding hydrogens is 312 g/mol. The number of carbonyl (C=O) groups excluding carboxylic acids is 1. The first-order chi connectivity index (χ1) is 11.3. The highest BCUT2D eigenvalue weighted by atomic mass is 35.5. The Morgan fingerprint density at radius 3 is 2.04 bits per heavy atom. The smallest absolute Gasteiger partial charge is 0.434 e. The summed E-state index contributed by atoms with van der Waals surface area (Å²) in [6.07, 6.45) is -0.135. The molecule has 0 heterocycles. The molecule has 0 saturated carbocycles. The average molecular weight is 331 g/mol. The lowest BCUT2D eigenvalue weighted by Crippen LogP contribution is -2.08. The summed E-state index contributed by atoms with van der Waals surface area (Å²) < 4.78 is 10.4. The molecule has 0 aliphatic heterocycles. The van der Waals surface area contributed by atoms with Gasteiger partial charge in [0.25, 0.3) is 0 Å². The second-order valence-electron chi connectivity index (χ2n) is 4.76. The standard InChI is InChI=1S/C19H19ClO3/c1-2-22-19(21)23-18(16-11-7-4-8-12-16)17(13-14-20)15-9-5-3-6-10-15/h3-12H,2,13-14H2,1H3. The summed E-state index contributed by atoms with van der Waals surface area (Å²) in [5.74, 6) is 0.906. The highest BCUT2D eigenvalue weighted by Crippen LogP contribution is 2.30. The van der Waals surface area contributed by atoms with Gasteiger partial charge in [0.05, 0.1) is 6.61 Å². The van der Waals surface area contributed by atoms with Crippen LogP contribution in [-0.2, 0) is 9.47 Å². The van der Waals surface area contributed by atoms with Gasteiger partial charge in [0.1, 0.15) is 5.76 Å². The lowest BCUT2D eigenvalue weighted by Gasteiger charge is -2.15. The maximum absolute atomic E-state index is 11.9. The molecule has 23 heavy (non-hydrogen) atoms. The Kier molecular flexibility index (Phi) is 6.70. The number of hydrogen-bond acceptors (Lipinski definition) is 3. The molecule has 0 saturated heterocycles. The van der Waals surface area contributed by atoms with E-state index in [1.54, 1.807) is 6.92 Å². The van der Waals surface area contributed by atoms with Crippen LogP contribution in [0.5, 0.6) is 0 Å². The van der Waals surface area contributed by atoms with Crippen LogP contribution in [0.3, 0.4) is 0 Å². The second kappa shape index (κ2) is 9.01. The third kappa shape index (κ3) is 4.86. The van der Waals surface area contributed by atoms with Gasteiger partial charge in [0, 0.05) is 17.0 Å². The van der Waals surface area contributed by atoms with E-state index >= 15 is 0 Å². The predicted octanol–water partition coefficient (Wildman–Crippen LogP) is 5.36. The summed E-state index contributed by atoms with van der Waals surface area (Å²) in [5.41, 5.74) is 2.65. The molecule has 0 amide bonds. The summed E-state index contributed by atoms with van der Waals surface area (Å²) in [6, 6.07) is 19.3. The lowest BCUT2D eigenvalue weighted by atomic mass is 9.99. The zero-order valence-corrected chi connectivity index (χ0v) is 13.8. The van der Waals surface area contributed by atoms with Crippen LogP contribution in [0.2, 0.25) is 0 Å². The van der Waals surface area contributed by atoms with Crippen molar-refractivity contribution < 1.29 is 14.3 Å². The van der Waals surface area contributed by atoms with E-state index in [4.69, 9.17) is 21.1 Å². The predicted molar refractivity (Wildman–Crippen MR) is 93.1 cm³/mol. The van der Waals surface area contributed by atoms with E-state index in [-0.39, 0.29) is 6.61 Å². The highest BCUT2D eigenvalue weighted by molar-refractivity contribution is 6.18. The Bertz CT molecular complexity index is 651. The number of benzene rings is 2. The van der Waals surface area contributed by atoms with Crippen molar-refractivity contribution in [1.82, 2.24) is 0 Å². The number of rotatable bonds is 6. The van der Waals surface area contributed by atoms with E-state index < -0.39 is 6.16 Å². The number of alkyl halides is 1. The molecule has 0 unspecified atom stereocenters. The van der Waals surface area contributed by atoms with Crippen LogP contribution in [0.1, 0.15) is 24.5 Å². The average Bonchev–Trinajstić information content (AvgIpc) is 2.60. The third-order valence-electron chi connectivity index (χ3n) is 3.22. The van der Waals surface area contributed by atoms with E-state index in [1.807, 2.05) is 60.7 Å². The molecule has 0 aliphatic carbocycles. The SMILES string of the molecule is CCOC(=O)OC(=C(CCCl)c1ccccc1)c1ccccc1. The van der Waals surface area contributed by atoms with Crippen LogP contribution >= 0.6 is 11.6 Å². The van der Waals surface area contributed by atoms with E-state index in [0.717, 1.165) is 16.7 Å². The van der Waals surface area contributed by atoms with E-state index in [0.29, 0.717) is 18.1 Å². The largest absolute Gasteiger partial charge is 0.513 e. The number of ether oxygens (including phenoxy) is 2. The molecule has 0 radical (unpaired) electrons. The van der Waals surface area contributed by atoms with Gasteiger partial charge in [-0.3, -0.25) is 0 Å². The number of carbonyl (C=O) groups is 1. The molecule has 4 heteroatoms. The Labute approximate surface area is 141 Å². The topological polar surface area (TPSA) is 35.5 Å². The maximum Gasteiger partial charge on any atom is 0.513 e. The van der Waals surface area contributed by atoms with Gasteiger partial charge in [0.2, 0.25) is 0 Å². The summed E-state index contributed by atoms with van der Waals surface area (Å²) >= 11 is 5.97. The lowest BCUT2D eigenvalue weighted by molar-refractivity contribution is 0.0954. The fourth-order valence-electron chi connectivity index (χ4n) is 2.24. The summed E-state index contributed by atoms with van der Waals surface area (Å²) in [7, 11) is 0. The maximum atomic E-state index is 11.9. The third-order valence-corrected chi connectivity index (χ3v) is 3.41. The Hall–Kier alpha value is -2.26. The minimum atomic E-state index is -0.714. The van der Waals surface area contributed by atoms with E-state index in [1.165, 1.54) is 0 Å². The number of halogens is 1. The Morgan fingerprint density at radius 1 is 0.957 bits per heavy atom. The van der Waals surface area contributed by atoms with Gasteiger partial charge in [-0.1, -0.05) is 60.7 Å². The zero-order chi connectivity index (χ0) is 16.5. The Morgan fingerprint density at radius 2 is 1.52 bits per heavy atom. The van der Waals surface area contributed by atoms with Gasteiger partial charge in [-0.2, -0.15) is 0 Å². The van der Waals surface area contributed by atoms with Crippen LogP contribution in [0.25, 0.3) is 11.3 Å². The molecule has 0 aromatic heterocycles. The molecule has 0 bridgehead atoms. The van der Waals surface area contributed by atoms with Crippen LogP contribution in [0, 0.1) is 0 Å². The van der Waals surface area contributed by atoms with Crippen molar-refractivity contribution in [3.8, 4) is 0 Å². The van der Waals surface area contributed by atoms with E-state index in [9.17, 15) is 4.79 Å². The summed E-state index contributed by atoms with van der Waals surface area (Å²) in [6.45, 7) is 2.00. The zero-order valence-electron chi connectivity index (χ0n) is 13.0. The summed E-state index contributed by atoms with van der Waals surface area (Å²) in [4.78, 5) is 11.9. The van der Waals surface area contributed by atoms with Crippen molar-refractivity contribution in [1.29, 1.82) is 0 Å². The molecule has 2 rings (SSSR count). The molecule has 0 aliphatic rings. The van der Waals surface area contributed by atoms with Crippen LogP contribution in [-0.4, -0.2) is 18.6 Å². The van der Waals surface area contributed by atoms with Gasteiger partial charge in [-0.15, -0.1) is 11.6 Å². The molecule has 0 spiro atoms. The first-order valence-electron chi connectivity index (χ1n) is 7.50. The molecule has 2 aromatic rings. The van der Waals surface area contributed by atoms with Gasteiger partial charge in [0.15, 0.2) is 0 Å². The van der Waals surface area contributed by atoms with Crippen molar-refractivity contribution in [2.45, 2.75) is 13.3 Å². The quantitative estimate of drug-likeness (QED) is 0.310. The Balaban J connectivity index is 2.52. The first kappa shape index (κ1) is 17.1. The minimum Gasteiger partial charge on any atom is -0.434 e. The molecule has 0 fully saturated rings. The summed E-state index contributed by atoms with van der Waals surface area (Å²) in [5, 5.41) is 0. The van der Waals surface area contributed by atoms with Gasteiger partial charge in [-0.05, 0) is 18.9 Å². The molecule has 3 nitrogen and oxygen atoms in total. The van der Waals surface area contributed by atoms with Gasteiger partial charge >= 0.3 is 6.16 Å². The monoisotopic (exact) mass is 330 g/mol. The normalized spacial score (nSPS) is 11.6. The molecule has 120 valence electrons. The molecule has 2 aromatic carbocycles. The minimum absolute atomic E-state index is 0.261. The van der Waals surface area contributed by atoms with E-state index in [2.05, 4.69) is 0 Å². The van der Waals surface area contributed by atoms with Crippen molar-refractivity contribution in [3.63, 3.8) is 0 Å². The van der Waals surface area contributed by atoms with Crippen LogP contribution in [0.4, 0.5) is 4.79 Å². The van der Waals surface area contributed by atoms with Crippen molar-refractivity contribution in [3.05, 3.63) is 71.8 Å². The fourth-order valence-corrected chi connectivity index (χ4v) is 2.43. The van der Waals surface area contributed by atoms with Crippen molar-refractivity contribution in [2.24, 2.45) is 0 Å². The highest BCUT2D eigenvalue weighted by Gasteiger charge is 2.17. The van der Waals surface area contributed by atoms with Crippen LogP contribution < -0.4 is 0 Å². The fraction of sp³-hybridized carbons (Fsp3) is 0.211. The molecular formula is C19H19ClO3. The van der Waals surface area contributed by atoms with Crippen molar-refractivity contribution >= 4 is 29.1 Å². The molecule has 0 N–H and O–H groups in total. The molecule has 0 atom stereocenters. The number of allylic oxidation sites excluding steroid dienone is 1. The van der Waals surface area contributed by atoms with Gasteiger partial charge in [-0.25, -0.2) is 4.79 Å². The number of hydrogen-bond donors (Lipinski definition) is 0. The first-order valence-corrected chi connectivity index (χ1v) is 8.04. The van der Waals surface area contributed by atoms with Crippen LogP contribution in [0.15, 0.2) is 60.7 Å². The van der Waals surface area contributed by atoms with Gasteiger partial charge < -0.3 is 9.47 Å².